The van der Waals surface area contributed by atoms with Gasteiger partial charge in [-0.25, -0.2) is 0 Å². The number of benzene rings is 2. The fraction of sp³-hybridized carbons (Fsp3) is 0.286. The molecule has 2 aromatic carbocycles. The molecule has 0 saturated heterocycles. The van der Waals surface area contributed by atoms with Crippen molar-refractivity contribution in [2.75, 3.05) is 26.0 Å². The third kappa shape index (κ3) is 5.74. The average molecular weight is 413 g/mol. The van der Waals surface area contributed by atoms with Crippen LogP contribution in [0, 0.1) is 0 Å². The van der Waals surface area contributed by atoms with E-state index in [9.17, 15) is 4.79 Å². The van der Waals surface area contributed by atoms with Gasteiger partial charge in [-0.3, -0.25) is 4.79 Å². The minimum atomic E-state index is -0.0664. The second-order valence-electron chi connectivity index (χ2n) is 6.08. The summed E-state index contributed by atoms with van der Waals surface area (Å²) in [7, 11) is 1.64. The Morgan fingerprint density at radius 3 is 2.52 bits per heavy atom. The Balaban J connectivity index is 1.49. The molecule has 29 heavy (non-hydrogen) atoms. The topological polar surface area (TPSA) is 78.3 Å². The van der Waals surface area contributed by atoms with E-state index in [1.54, 1.807) is 7.11 Å². The molecular weight excluding hydrogens is 388 g/mol. The van der Waals surface area contributed by atoms with Gasteiger partial charge in [-0.2, -0.15) is 0 Å². The Hall–Kier alpha value is -3.00. The van der Waals surface area contributed by atoms with Crippen LogP contribution in [0.3, 0.4) is 0 Å². The van der Waals surface area contributed by atoms with Crippen molar-refractivity contribution in [3.05, 3.63) is 54.6 Å². The number of hydrogen-bond acceptors (Lipinski definition) is 6. The molecule has 0 saturated carbocycles. The van der Waals surface area contributed by atoms with Crippen LogP contribution < -0.4 is 14.8 Å². The van der Waals surface area contributed by atoms with Crippen LogP contribution in [0.15, 0.2) is 59.8 Å². The summed E-state index contributed by atoms with van der Waals surface area (Å²) in [6.07, 6.45) is 0. The molecular formula is C21H24N4O3S. The van der Waals surface area contributed by atoms with Gasteiger partial charge in [0.05, 0.1) is 19.4 Å². The van der Waals surface area contributed by atoms with Crippen molar-refractivity contribution in [3.63, 3.8) is 0 Å². The lowest BCUT2D eigenvalue weighted by Gasteiger charge is -2.09. The first-order valence-electron chi connectivity index (χ1n) is 9.36. The molecule has 8 heteroatoms. The predicted octanol–water partition coefficient (Wildman–Crippen LogP) is 3.26. The van der Waals surface area contributed by atoms with Gasteiger partial charge in [0.1, 0.15) is 18.1 Å². The van der Waals surface area contributed by atoms with Gasteiger partial charge < -0.3 is 19.4 Å². The van der Waals surface area contributed by atoms with Crippen LogP contribution in [0.25, 0.3) is 11.4 Å². The van der Waals surface area contributed by atoms with Crippen molar-refractivity contribution in [2.45, 2.75) is 18.6 Å². The molecule has 3 rings (SSSR count). The third-order valence-electron chi connectivity index (χ3n) is 4.15. The average Bonchev–Trinajstić information content (AvgIpc) is 3.19. The number of para-hydroxylation sites is 1. The fourth-order valence-electron chi connectivity index (χ4n) is 2.69. The van der Waals surface area contributed by atoms with E-state index in [0.29, 0.717) is 24.9 Å². The molecule has 0 aliphatic rings. The Labute approximate surface area is 174 Å². The zero-order valence-electron chi connectivity index (χ0n) is 16.5. The fourth-order valence-corrected chi connectivity index (χ4v) is 3.52. The molecule has 0 bridgehead atoms. The van der Waals surface area contributed by atoms with Crippen LogP contribution in [-0.2, 0) is 11.3 Å². The van der Waals surface area contributed by atoms with E-state index in [-0.39, 0.29) is 11.7 Å². The number of nitrogens with zero attached hydrogens (tertiary/aromatic N) is 3. The first kappa shape index (κ1) is 20.7. The zero-order valence-corrected chi connectivity index (χ0v) is 17.3. The number of aromatic nitrogens is 3. The normalized spacial score (nSPS) is 10.6. The highest BCUT2D eigenvalue weighted by Crippen LogP contribution is 2.25. The Kier molecular flexibility index (Phi) is 7.52. The van der Waals surface area contributed by atoms with Gasteiger partial charge in [-0.05, 0) is 43.3 Å². The molecule has 0 atom stereocenters. The maximum atomic E-state index is 12.1. The molecule has 3 aromatic rings. The predicted molar refractivity (Wildman–Crippen MR) is 113 cm³/mol. The molecule has 0 aliphatic carbocycles. The molecule has 0 unspecified atom stereocenters. The van der Waals surface area contributed by atoms with Gasteiger partial charge >= 0.3 is 0 Å². The number of nitrogens with one attached hydrogen (secondary N) is 1. The summed E-state index contributed by atoms with van der Waals surface area (Å²) < 4.78 is 12.8. The van der Waals surface area contributed by atoms with Crippen molar-refractivity contribution >= 4 is 17.7 Å². The van der Waals surface area contributed by atoms with Crippen LogP contribution in [-0.4, -0.2) is 46.7 Å². The summed E-state index contributed by atoms with van der Waals surface area (Å²) in [6.45, 7) is 3.61. The third-order valence-corrected chi connectivity index (χ3v) is 5.12. The van der Waals surface area contributed by atoms with Crippen molar-refractivity contribution < 1.29 is 14.3 Å². The van der Waals surface area contributed by atoms with E-state index in [4.69, 9.17) is 9.47 Å². The summed E-state index contributed by atoms with van der Waals surface area (Å²) in [6, 6.07) is 17.2. The largest absolute Gasteiger partial charge is 0.497 e. The van der Waals surface area contributed by atoms with Crippen molar-refractivity contribution in [1.29, 1.82) is 0 Å². The molecule has 0 fully saturated rings. The van der Waals surface area contributed by atoms with Crippen LogP contribution in [0.4, 0.5) is 0 Å². The summed E-state index contributed by atoms with van der Waals surface area (Å²) >= 11 is 1.37. The van der Waals surface area contributed by atoms with Gasteiger partial charge in [0.25, 0.3) is 0 Å². The van der Waals surface area contributed by atoms with E-state index >= 15 is 0 Å². The van der Waals surface area contributed by atoms with Crippen molar-refractivity contribution in [1.82, 2.24) is 20.1 Å². The first-order chi connectivity index (χ1) is 14.2. The molecule has 7 nitrogen and oxygen atoms in total. The smallest absolute Gasteiger partial charge is 0.230 e. The number of methoxy groups -OCH3 is 1. The summed E-state index contributed by atoms with van der Waals surface area (Å²) in [5.41, 5.74) is 0.953. The molecule has 0 aliphatic heterocycles. The summed E-state index contributed by atoms with van der Waals surface area (Å²) in [5.74, 6) is 2.56. The van der Waals surface area contributed by atoms with E-state index in [2.05, 4.69) is 15.5 Å². The van der Waals surface area contributed by atoms with Crippen LogP contribution in [0.2, 0.25) is 0 Å². The van der Waals surface area contributed by atoms with Crippen LogP contribution >= 0.6 is 11.8 Å². The zero-order chi connectivity index (χ0) is 20.5. The van der Waals surface area contributed by atoms with Gasteiger partial charge in [0.15, 0.2) is 11.0 Å². The monoisotopic (exact) mass is 412 g/mol. The molecule has 1 heterocycles. The summed E-state index contributed by atoms with van der Waals surface area (Å²) in [4.78, 5) is 12.1. The van der Waals surface area contributed by atoms with Gasteiger partial charge in [-0.15, -0.1) is 10.2 Å². The highest BCUT2D eigenvalue weighted by Gasteiger charge is 2.14. The molecule has 1 amide bonds. The lowest BCUT2D eigenvalue weighted by molar-refractivity contribution is -0.118. The van der Waals surface area contributed by atoms with E-state index in [1.165, 1.54) is 11.8 Å². The van der Waals surface area contributed by atoms with Crippen molar-refractivity contribution in [3.8, 4) is 22.9 Å². The van der Waals surface area contributed by atoms with Gasteiger partial charge in [-0.1, -0.05) is 30.0 Å². The lowest BCUT2D eigenvalue weighted by Crippen LogP contribution is -2.29. The minimum absolute atomic E-state index is 0.0664. The van der Waals surface area contributed by atoms with E-state index in [1.807, 2.05) is 66.1 Å². The van der Waals surface area contributed by atoms with Crippen LogP contribution in [0.5, 0.6) is 11.5 Å². The summed E-state index contributed by atoms with van der Waals surface area (Å²) in [5, 5.41) is 12.1. The van der Waals surface area contributed by atoms with Crippen molar-refractivity contribution in [2.24, 2.45) is 0 Å². The number of amides is 1. The molecule has 152 valence electrons. The highest BCUT2D eigenvalue weighted by atomic mass is 32.2. The number of carbonyl (C=O) groups is 1. The second-order valence-corrected chi connectivity index (χ2v) is 7.02. The molecule has 0 spiro atoms. The number of ether oxygens (including phenoxy) is 2. The number of rotatable bonds is 10. The molecule has 1 N–H and O–H groups in total. The van der Waals surface area contributed by atoms with Gasteiger partial charge in [0.2, 0.25) is 5.91 Å². The standard InChI is InChI=1S/C21H24N4O3S/c1-3-25-20(16-9-11-17(27-2)12-10-16)23-24-21(25)29-15-19(26)22-13-14-28-18-7-5-4-6-8-18/h4-12H,3,13-15H2,1-2H3,(H,22,26). The number of hydrogen-bond donors (Lipinski definition) is 1. The Morgan fingerprint density at radius 2 is 1.83 bits per heavy atom. The molecule has 0 radical (unpaired) electrons. The second kappa shape index (κ2) is 10.5. The van der Waals surface area contributed by atoms with Crippen LogP contribution in [0.1, 0.15) is 6.92 Å². The minimum Gasteiger partial charge on any atom is -0.497 e. The Morgan fingerprint density at radius 1 is 1.07 bits per heavy atom. The van der Waals surface area contributed by atoms with E-state index in [0.717, 1.165) is 22.9 Å². The maximum Gasteiger partial charge on any atom is 0.230 e. The van der Waals surface area contributed by atoms with Gasteiger partial charge in [0, 0.05) is 12.1 Å². The number of carbonyl (C=O) groups excluding carboxylic acids is 1. The molecule has 1 aromatic heterocycles. The maximum absolute atomic E-state index is 12.1. The number of thioether (sulfide) groups is 1. The SMILES string of the molecule is CCn1c(SCC(=O)NCCOc2ccccc2)nnc1-c1ccc(OC)cc1. The highest BCUT2D eigenvalue weighted by molar-refractivity contribution is 7.99. The Bertz CT molecular complexity index is 913. The quantitative estimate of drug-likeness (QED) is 0.407. The first-order valence-corrected chi connectivity index (χ1v) is 10.3. The van der Waals surface area contributed by atoms with E-state index < -0.39 is 0 Å². The lowest BCUT2D eigenvalue weighted by atomic mass is 10.2.